The molecule has 1 amide bonds. The highest BCUT2D eigenvalue weighted by atomic mass is 16.1. The predicted octanol–water partition coefficient (Wildman–Crippen LogP) is 1.48. The van der Waals surface area contributed by atoms with Crippen molar-refractivity contribution in [1.82, 2.24) is 15.2 Å². The Bertz CT molecular complexity index is 958. The van der Waals surface area contributed by atoms with Gasteiger partial charge in [0.05, 0.1) is 22.5 Å². The Hall–Kier alpha value is -3.10. The second-order valence-corrected chi connectivity index (χ2v) is 7.11. The van der Waals surface area contributed by atoms with Gasteiger partial charge in [-0.25, -0.2) is 0 Å². The number of amides is 1. The number of nitrogens with one attached hydrogen (secondary N) is 4. The van der Waals surface area contributed by atoms with Crippen LogP contribution in [0.4, 0.5) is 11.4 Å². The Labute approximate surface area is 170 Å². The molecule has 2 aromatic rings. The summed E-state index contributed by atoms with van der Waals surface area (Å²) >= 11 is 0. The van der Waals surface area contributed by atoms with E-state index in [9.17, 15) is 9.59 Å². The first-order valence-electron chi connectivity index (χ1n) is 9.51. The number of Topliss-reactive ketones (excluding diaryl/α,β-unsaturated/α-hetero) is 1. The number of benzene rings is 1. The molecule has 0 atom stereocenters. The van der Waals surface area contributed by atoms with E-state index < -0.39 is 11.6 Å². The van der Waals surface area contributed by atoms with E-state index in [0.717, 1.165) is 17.1 Å². The van der Waals surface area contributed by atoms with Crippen LogP contribution in [0.1, 0.15) is 32.8 Å². The van der Waals surface area contributed by atoms with Gasteiger partial charge in [-0.2, -0.15) is 0 Å². The molecular formula is C21H28N6O2. The Morgan fingerprint density at radius 2 is 1.97 bits per heavy atom. The molecule has 8 heteroatoms. The first kappa shape index (κ1) is 20.6. The fourth-order valence-electron chi connectivity index (χ4n) is 3.87. The van der Waals surface area contributed by atoms with Gasteiger partial charge in [0, 0.05) is 49.7 Å². The largest absolute Gasteiger partial charge is 0.386 e. The van der Waals surface area contributed by atoms with Gasteiger partial charge in [0.25, 0.3) is 5.91 Å². The van der Waals surface area contributed by atoms with Gasteiger partial charge in [-0.05, 0) is 32.3 Å². The van der Waals surface area contributed by atoms with E-state index in [1.54, 1.807) is 19.2 Å². The lowest BCUT2D eigenvalue weighted by atomic mass is 9.86. The summed E-state index contributed by atoms with van der Waals surface area (Å²) in [7, 11) is 5.50. The van der Waals surface area contributed by atoms with Gasteiger partial charge in [0.2, 0.25) is 0 Å². The zero-order valence-corrected chi connectivity index (χ0v) is 17.1. The van der Waals surface area contributed by atoms with Gasteiger partial charge < -0.3 is 31.6 Å². The Morgan fingerprint density at radius 3 is 2.55 bits per heavy atom. The van der Waals surface area contributed by atoms with E-state index >= 15 is 0 Å². The molecule has 0 aliphatic heterocycles. The van der Waals surface area contributed by atoms with E-state index in [0.29, 0.717) is 36.2 Å². The van der Waals surface area contributed by atoms with Crippen LogP contribution in [-0.2, 0) is 6.42 Å². The zero-order chi connectivity index (χ0) is 21.2. The normalized spacial score (nSPS) is 14.9. The van der Waals surface area contributed by atoms with E-state index in [-0.39, 0.29) is 5.78 Å². The maximum Gasteiger partial charge on any atom is 0.250 e. The lowest BCUT2D eigenvalue weighted by Crippen LogP contribution is -2.58. The van der Waals surface area contributed by atoms with E-state index in [4.69, 9.17) is 5.73 Å². The molecule has 154 valence electrons. The number of anilines is 2. The monoisotopic (exact) mass is 396 g/mol. The number of ketones is 1. The van der Waals surface area contributed by atoms with Crippen molar-refractivity contribution >= 4 is 23.1 Å². The minimum atomic E-state index is -0.512. The van der Waals surface area contributed by atoms with Gasteiger partial charge in [0.1, 0.15) is 0 Å². The SMILES string of the molecule is C=CCNc1cc(-n2cc(NC)c3c2CC(NC)(NC)CC3=O)ccc1C(N)=O. The molecule has 0 saturated carbocycles. The molecule has 0 radical (unpaired) electrons. The van der Waals surface area contributed by atoms with E-state index in [1.165, 1.54) is 0 Å². The quantitative estimate of drug-likeness (QED) is 0.341. The van der Waals surface area contributed by atoms with Crippen LogP contribution in [0, 0.1) is 0 Å². The number of nitrogens with two attached hydrogens (primary N) is 1. The molecule has 1 aromatic carbocycles. The minimum Gasteiger partial charge on any atom is -0.386 e. The van der Waals surface area contributed by atoms with Crippen LogP contribution in [0.5, 0.6) is 0 Å². The van der Waals surface area contributed by atoms with Crippen LogP contribution < -0.4 is 27.0 Å². The molecule has 0 fully saturated rings. The highest BCUT2D eigenvalue weighted by Crippen LogP contribution is 2.36. The Balaban J connectivity index is 2.16. The van der Waals surface area contributed by atoms with Crippen molar-refractivity contribution < 1.29 is 9.59 Å². The third-order valence-electron chi connectivity index (χ3n) is 5.53. The van der Waals surface area contributed by atoms with Crippen molar-refractivity contribution in [3.63, 3.8) is 0 Å². The van der Waals surface area contributed by atoms with E-state index in [1.807, 2.05) is 37.0 Å². The van der Waals surface area contributed by atoms with Crippen LogP contribution in [0.2, 0.25) is 0 Å². The van der Waals surface area contributed by atoms with Gasteiger partial charge in [0.15, 0.2) is 5.78 Å². The third kappa shape index (κ3) is 3.64. The molecule has 1 aromatic heterocycles. The molecule has 0 spiro atoms. The van der Waals surface area contributed by atoms with Gasteiger partial charge in [-0.1, -0.05) is 6.08 Å². The molecule has 0 saturated heterocycles. The van der Waals surface area contributed by atoms with Gasteiger partial charge in [-0.15, -0.1) is 6.58 Å². The molecule has 3 rings (SSSR count). The second-order valence-electron chi connectivity index (χ2n) is 7.11. The number of nitrogens with zero attached hydrogens (tertiary/aromatic N) is 1. The summed E-state index contributed by atoms with van der Waals surface area (Å²) in [6.07, 6.45) is 4.61. The van der Waals surface area contributed by atoms with Crippen LogP contribution in [0.3, 0.4) is 0 Å². The molecule has 6 N–H and O–H groups in total. The van der Waals surface area contributed by atoms with Crippen LogP contribution in [0.25, 0.3) is 5.69 Å². The highest BCUT2D eigenvalue weighted by Gasteiger charge is 2.39. The number of hydrogen-bond donors (Lipinski definition) is 5. The molecule has 0 bridgehead atoms. The number of hydrogen-bond acceptors (Lipinski definition) is 6. The number of primary amides is 1. The maximum atomic E-state index is 13.0. The summed E-state index contributed by atoms with van der Waals surface area (Å²) in [6, 6.07) is 5.39. The lowest BCUT2D eigenvalue weighted by molar-refractivity contribution is 0.0902. The number of aromatic nitrogens is 1. The summed E-state index contributed by atoms with van der Waals surface area (Å²) < 4.78 is 1.99. The van der Waals surface area contributed by atoms with Crippen molar-refractivity contribution in [3.05, 3.63) is 53.9 Å². The average molecular weight is 396 g/mol. The van der Waals surface area contributed by atoms with Crippen molar-refractivity contribution in [2.24, 2.45) is 5.73 Å². The fraction of sp³-hybridized carbons (Fsp3) is 0.333. The Morgan fingerprint density at radius 1 is 1.24 bits per heavy atom. The number of carbonyl (C=O) groups excluding carboxylic acids is 2. The van der Waals surface area contributed by atoms with Crippen molar-refractivity contribution in [2.45, 2.75) is 18.5 Å². The second kappa shape index (κ2) is 8.10. The molecule has 29 heavy (non-hydrogen) atoms. The number of carbonyl (C=O) groups is 2. The molecule has 1 aliphatic carbocycles. The minimum absolute atomic E-state index is 0.0665. The number of fused-ring (bicyclic) bond motifs is 1. The summed E-state index contributed by atoms with van der Waals surface area (Å²) in [5.41, 5.74) is 9.25. The summed E-state index contributed by atoms with van der Waals surface area (Å²) in [5.74, 6) is -0.440. The Kier molecular flexibility index (Phi) is 5.76. The van der Waals surface area contributed by atoms with Crippen molar-refractivity contribution in [1.29, 1.82) is 0 Å². The van der Waals surface area contributed by atoms with Crippen LogP contribution in [0.15, 0.2) is 37.1 Å². The average Bonchev–Trinajstić information content (AvgIpc) is 3.10. The van der Waals surface area contributed by atoms with Crippen LogP contribution >= 0.6 is 0 Å². The molecule has 1 aliphatic rings. The molecule has 8 nitrogen and oxygen atoms in total. The van der Waals surface area contributed by atoms with Crippen LogP contribution in [-0.4, -0.2) is 49.6 Å². The summed E-state index contributed by atoms with van der Waals surface area (Å²) in [4.78, 5) is 24.8. The van der Waals surface area contributed by atoms with E-state index in [2.05, 4.69) is 27.8 Å². The molecule has 1 heterocycles. The molecule has 0 unspecified atom stereocenters. The zero-order valence-electron chi connectivity index (χ0n) is 17.1. The van der Waals surface area contributed by atoms with Crippen molar-refractivity contribution in [3.8, 4) is 5.69 Å². The highest BCUT2D eigenvalue weighted by molar-refractivity contribution is 6.04. The number of rotatable bonds is 8. The fourth-order valence-corrected chi connectivity index (χ4v) is 3.87. The standard InChI is InChI=1S/C21H28N6O2/c1-5-8-26-15-9-13(6-7-14(15)20(22)29)27-12-16(23-2)19-17(27)10-21(24-3,25-4)11-18(19)28/h5-7,9,12,23-26H,1,8,10-11H2,2-4H3,(H2,22,29). The first-order chi connectivity index (χ1) is 13.9. The smallest absolute Gasteiger partial charge is 0.250 e. The molecular weight excluding hydrogens is 368 g/mol. The summed E-state index contributed by atoms with van der Waals surface area (Å²) in [5, 5.41) is 12.8. The topological polar surface area (TPSA) is 113 Å². The lowest BCUT2D eigenvalue weighted by Gasteiger charge is -2.36. The maximum absolute atomic E-state index is 13.0. The van der Waals surface area contributed by atoms with Gasteiger partial charge >= 0.3 is 0 Å². The number of likely N-dealkylation sites (N-methyl/N-ethyl adjacent to an activating group) is 2. The third-order valence-corrected chi connectivity index (χ3v) is 5.53. The summed E-state index contributed by atoms with van der Waals surface area (Å²) in [6.45, 7) is 4.20. The van der Waals surface area contributed by atoms with Gasteiger partial charge in [-0.3, -0.25) is 9.59 Å². The van der Waals surface area contributed by atoms with Crippen molar-refractivity contribution in [2.75, 3.05) is 38.3 Å². The first-order valence-corrected chi connectivity index (χ1v) is 9.51. The predicted molar refractivity (Wildman–Crippen MR) is 116 cm³/mol.